The summed E-state index contributed by atoms with van der Waals surface area (Å²) < 4.78 is 0. The first kappa shape index (κ1) is 23.4. The molecule has 0 spiro atoms. The summed E-state index contributed by atoms with van der Waals surface area (Å²) in [5.41, 5.74) is 4.48. The molecule has 3 aromatic rings. The third-order valence-electron chi connectivity index (χ3n) is 6.13. The largest absolute Gasteiger partial charge is 0.352 e. The van der Waals surface area contributed by atoms with Gasteiger partial charge in [0.25, 0.3) is 0 Å². The molecule has 1 aliphatic heterocycles. The van der Waals surface area contributed by atoms with Gasteiger partial charge >= 0.3 is 0 Å². The normalized spacial score (nSPS) is 14.1. The minimum absolute atomic E-state index is 0.0600. The summed E-state index contributed by atoms with van der Waals surface area (Å²) in [5, 5.41) is 0. The average molecular weight is 451 g/mol. The molecule has 0 bridgehead atoms. The molecule has 172 valence electrons. The Morgan fingerprint density at radius 3 is 1.68 bits per heavy atom. The Hall–Kier alpha value is -3.76. The van der Waals surface area contributed by atoms with Gasteiger partial charge in [0.1, 0.15) is 0 Å². The lowest BCUT2D eigenvalue weighted by Gasteiger charge is -2.32. The number of Topliss-reactive ketones (excluding diaryl/α,β-unsaturated/α-hetero) is 2. The van der Waals surface area contributed by atoms with E-state index in [0.717, 1.165) is 17.7 Å². The molecule has 1 aliphatic rings. The molecule has 0 aliphatic carbocycles. The van der Waals surface area contributed by atoms with E-state index >= 15 is 0 Å². The van der Waals surface area contributed by atoms with Crippen LogP contribution in [0, 0.1) is 6.92 Å². The standard InChI is InChI=1S/C30H30N2O2/c1-22-12-10-11-17-25(22)28-26(29(33)23-13-6-4-7-14-23)20-32(19-18-31(2)3)21-27(28)30(34)24-15-8-5-9-16-24/h4-17,20-21,28H,18-19H2,1-3H3. The Balaban J connectivity index is 1.87. The second kappa shape index (κ2) is 10.4. The molecule has 0 fully saturated rings. The molecular formula is C30H30N2O2. The van der Waals surface area contributed by atoms with E-state index in [2.05, 4.69) is 4.90 Å². The lowest BCUT2D eigenvalue weighted by atomic mass is 9.76. The molecule has 0 unspecified atom stereocenters. The summed E-state index contributed by atoms with van der Waals surface area (Å²) in [6.45, 7) is 3.50. The SMILES string of the molecule is Cc1ccccc1C1C(C(=O)c2ccccc2)=CN(CCN(C)C)C=C1C(=O)c1ccccc1. The number of ketones is 2. The quantitative estimate of drug-likeness (QED) is 0.426. The predicted molar refractivity (Wildman–Crippen MR) is 137 cm³/mol. The molecule has 0 amide bonds. The van der Waals surface area contributed by atoms with E-state index in [0.29, 0.717) is 28.8 Å². The second-order valence-electron chi connectivity index (χ2n) is 8.89. The van der Waals surface area contributed by atoms with Gasteiger partial charge in [-0.25, -0.2) is 0 Å². The minimum Gasteiger partial charge on any atom is -0.352 e. The number of aryl methyl sites for hydroxylation is 1. The van der Waals surface area contributed by atoms with Crippen LogP contribution in [0.5, 0.6) is 0 Å². The molecule has 0 atom stereocenters. The van der Waals surface area contributed by atoms with Gasteiger partial charge in [-0.1, -0.05) is 84.9 Å². The van der Waals surface area contributed by atoms with Gasteiger partial charge in [0.2, 0.25) is 0 Å². The molecular weight excluding hydrogens is 420 g/mol. The van der Waals surface area contributed by atoms with Crippen molar-refractivity contribution in [1.82, 2.24) is 9.80 Å². The van der Waals surface area contributed by atoms with E-state index in [1.165, 1.54) is 0 Å². The molecule has 4 nitrogen and oxygen atoms in total. The molecule has 4 rings (SSSR count). The summed E-state index contributed by atoms with van der Waals surface area (Å²) in [6.07, 6.45) is 3.86. The maximum absolute atomic E-state index is 13.8. The van der Waals surface area contributed by atoms with Gasteiger partial charge in [-0.15, -0.1) is 0 Å². The summed E-state index contributed by atoms with van der Waals surface area (Å²) in [5.74, 6) is -0.567. The first-order chi connectivity index (χ1) is 16.5. The first-order valence-corrected chi connectivity index (χ1v) is 11.5. The number of hydrogen-bond acceptors (Lipinski definition) is 4. The van der Waals surface area contributed by atoms with Crippen LogP contribution in [-0.4, -0.2) is 48.6 Å². The van der Waals surface area contributed by atoms with E-state index in [1.807, 2.05) is 123 Å². The van der Waals surface area contributed by atoms with Crippen molar-refractivity contribution in [2.24, 2.45) is 0 Å². The first-order valence-electron chi connectivity index (χ1n) is 11.5. The number of nitrogens with zero attached hydrogens (tertiary/aromatic N) is 2. The Kier molecular flexibility index (Phi) is 7.19. The molecule has 4 heteroatoms. The number of hydrogen-bond donors (Lipinski definition) is 0. The van der Waals surface area contributed by atoms with Crippen LogP contribution in [0.4, 0.5) is 0 Å². The van der Waals surface area contributed by atoms with Gasteiger partial charge in [0.05, 0.1) is 0 Å². The Morgan fingerprint density at radius 2 is 1.21 bits per heavy atom. The summed E-state index contributed by atoms with van der Waals surface area (Å²) >= 11 is 0. The van der Waals surface area contributed by atoms with Crippen LogP contribution in [0.25, 0.3) is 0 Å². The van der Waals surface area contributed by atoms with Crippen molar-refractivity contribution >= 4 is 11.6 Å². The van der Waals surface area contributed by atoms with Crippen LogP contribution < -0.4 is 0 Å². The highest BCUT2D eigenvalue weighted by Crippen LogP contribution is 2.40. The highest BCUT2D eigenvalue weighted by Gasteiger charge is 2.35. The predicted octanol–water partition coefficient (Wildman–Crippen LogP) is 5.49. The highest BCUT2D eigenvalue weighted by atomic mass is 16.1. The number of likely N-dealkylation sites (N-methyl/N-ethyl adjacent to an activating group) is 1. The summed E-state index contributed by atoms with van der Waals surface area (Å²) in [7, 11) is 4.03. The van der Waals surface area contributed by atoms with Crippen LogP contribution >= 0.6 is 0 Å². The van der Waals surface area contributed by atoms with Gasteiger partial charge < -0.3 is 9.80 Å². The molecule has 0 aromatic heterocycles. The van der Waals surface area contributed by atoms with Crippen LogP contribution in [0.3, 0.4) is 0 Å². The van der Waals surface area contributed by atoms with E-state index in [9.17, 15) is 9.59 Å². The van der Waals surface area contributed by atoms with Gasteiger partial charge in [0.15, 0.2) is 11.6 Å². The van der Waals surface area contributed by atoms with Gasteiger partial charge in [-0.2, -0.15) is 0 Å². The van der Waals surface area contributed by atoms with Crippen molar-refractivity contribution in [2.45, 2.75) is 12.8 Å². The number of carbonyl (C=O) groups excluding carboxylic acids is 2. The van der Waals surface area contributed by atoms with Crippen molar-refractivity contribution in [3.05, 3.63) is 131 Å². The number of carbonyl (C=O) groups is 2. The molecule has 0 saturated heterocycles. The van der Waals surface area contributed by atoms with Crippen LogP contribution in [0.2, 0.25) is 0 Å². The highest BCUT2D eigenvalue weighted by molar-refractivity contribution is 6.15. The van der Waals surface area contributed by atoms with Crippen molar-refractivity contribution in [1.29, 1.82) is 0 Å². The molecule has 0 radical (unpaired) electrons. The van der Waals surface area contributed by atoms with Crippen LogP contribution in [0.1, 0.15) is 37.8 Å². The van der Waals surface area contributed by atoms with Gasteiger partial charge in [-0.05, 0) is 32.1 Å². The van der Waals surface area contributed by atoms with E-state index in [-0.39, 0.29) is 11.6 Å². The monoisotopic (exact) mass is 450 g/mol. The zero-order valence-electron chi connectivity index (χ0n) is 19.9. The Bertz CT molecular complexity index is 1160. The fraction of sp³-hybridized carbons (Fsp3) is 0.200. The summed E-state index contributed by atoms with van der Waals surface area (Å²) in [6, 6.07) is 26.6. The van der Waals surface area contributed by atoms with Crippen LogP contribution in [-0.2, 0) is 0 Å². The van der Waals surface area contributed by atoms with Crippen LogP contribution in [0.15, 0.2) is 108 Å². The minimum atomic E-state index is -0.447. The maximum Gasteiger partial charge on any atom is 0.191 e. The van der Waals surface area contributed by atoms with Crippen molar-refractivity contribution < 1.29 is 9.59 Å². The number of benzene rings is 3. The van der Waals surface area contributed by atoms with E-state index < -0.39 is 5.92 Å². The lowest BCUT2D eigenvalue weighted by Crippen LogP contribution is -2.32. The fourth-order valence-corrected chi connectivity index (χ4v) is 4.29. The molecule has 0 N–H and O–H groups in total. The smallest absolute Gasteiger partial charge is 0.191 e. The Morgan fingerprint density at radius 1 is 0.735 bits per heavy atom. The molecule has 1 heterocycles. The van der Waals surface area contributed by atoms with E-state index in [1.54, 1.807) is 0 Å². The van der Waals surface area contributed by atoms with Crippen molar-refractivity contribution in [3.8, 4) is 0 Å². The topological polar surface area (TPSA) is 40.6 Å². The second-order valence-corrected chi connectivity index (χ2v) is 8.89. The van der Waals surface area contributed by atoms with Crippen molar-refractivity contribution in [2.75, 3.05) is 27.2 Å². The van der Waals surface area contributed by atoms with E-state index in [4.69, 9.17) is 0 Å². The lowest BCUT2D eigenvalue weighted by molar-refractivity contribution is 0.101. The van der Waals surface area contributed by atoms with Gasteiger partial charge in [0, 0.05) is 53.7 Å². The number of rotatable bonds is 8. The maximum atomic E-state index is 13.8. The average Bonchev–Trinajstić information content (AvgIpc) is 2.87. The molecule has 3 aromatic carbocycles. The summed E-state index contributed by atoms with van der Waals surface area (Å²) in [4.78, 5) is 31.8. The van der Waals surface area contributed by atoms with Crippen molar-refractivity contribution in [3.63, 3.8) is 0 Å². The third-order valence-corrected chi connectivity index (χ3v) is 6.13. The zero-order chi connectivity index (χ0) is 24.1. The molecule has 34 heavy (non-hydrogen) atoms. The zero-order valence-corrected chi connectivity index (χ0v) is 19.9. The number of allylic oxidation sites excluding steroid dienone is 2. The Labute approximate surface area is 201 Å². The third kappa shape index (κ3) is 5.08. The van der Waals surface area contributed by atoms with Gasteiger partial charge in [-0.3, -0.25) is 9.59 Å². The molecule has 0 saturated carbocycles. The fourth-order valence-electron chi connectivity index (χ4n) is 4.29.